The fraction of sp³-hybridized carbons (Fsp3) is 0.414. The number of anilines is 1. The molecule has 1 N–H and O–H groups in total. The highest BCUT2D eigenvalue weighted by Crippen LogP contribution is 2.29. The van der Waals surface area contributed by atoms with E-state index in [9.17, 15) is 13.2 Å². The molecule has 1 fully saturated rings. The number of ether oxygens (including phenoxy) is 1. The van der Waals surface area contributed by atoms with Crippen molar-refractivity contribution < 1.29 is 17.9 Å². The van der Waals surface area contributed by atoms with Gasteiger partial charge in [-0.05, 0) is 68.5 Å². The molecule has 0 radical (unpaired) electrons. The van der Waals surface area contributed by atoms with Gasteiger partial charge in [-0.25, -0.2) is 8.42 Å². The Morgan fingerprint density at radius 2 is 1.78 bits per heavy atom. The van der Waals surface area contributed by atoms with Gasteiger partial charge in [0.05, 0.1) is 17.7 Å². The third-order valence-corrected chi connectivity index (χ3v) is 8.50. The number of nitrogens with one attached hydrogen (secondary N) is 1. The number of carbonyl (C=O) groups excluding carboxylic acids is 1. The maximum absolute atomic E-state index is 13.4. The van der Waals surface area contributed by atoms with Crippen LogP contribution in [0.5, 0.6) is 5.75 Å². The second-order valence-corrected chi connectivity index (χ2v) is 11.3. The summed E-state index contributed by atoms with van der Waals surface area (Å²) in [6.07, 6.45) is 8.79. The summed E-state index contributed by atoms with van der Waals surface area (Å²) in [5.74, 6) is 0.666. The van der Waals surface area contributed by atoms with E-state index in [-0.39, 0.29) is 10.8 Å². The van der Waals surface area contributed by atoms with E-state index in [1.54, 1.807) is 24.1 Å². The fourth-order valence-corrected chi connectivity index (χ4v) is 5.97. The number of hydrogen-bond acceptors (Lipinski definition) is 5. The van der Waals surface area contributed by atoms with Crippen LogP contribution in [0.3, 0.4) is 0 Å². The predicted molar refractivity (Wildman–Crippen MR) is 148 cm³/mol. The van der Waals surface area contributed by atoms with Crippen molar-refractivity contribution in [1.29, 1.82) is 0 Å². The first-order valence-corrected chi connectivity index (χ1v) is 14.5. The van der Waals surface area contributed by atoms with Crippen LogP contribution in [0.4, 0.5) is 5.69 Å². The Balaban J connectivity index is 1.44. The lowest BCUT2D eigenvalue weighted by Gasteiger charge is -2.36. The van der Waals surface area contributed by atoms with Crippen molar-refractivity contribution in [2.75, 3.05) is 38.2 Å². The molecular formula is C29H37N3O4S. The van der Waals surface area contributed by atoms with Gasteiger partial charge in [0.2, 0.25) is 0 Å². The van der Waals surface area contributed by atoms with Gasteiger partial charge in [0.1, 0.15) is 5.75 Å². The number of aryl methyl sites for hydroxylation is 1. The first-order chi connectivity index (χ1) is 17.8. The molecule has 2 aliphatic rings. The van der Waals surface area contributed by atoms with Gasteiger partial charge >= 0.3 is 0 Å². The summed E-state index contributed by atoms with van der Waals surface area (Å²) in [7, 11) is -2.13. The van der Waals surface area contributed by atoms with Gasteiger partial charge in [0.25, 0.3) is 15.9 Å². The Morgan fingerprint density at radius 1 is 1.03 bits per heavy atom. The number of sulfonamides is 1. The number of allylic oxidation sites excluding steroid dienone is 4. The van der Waals surface area contributed by atoms with Crippen molar-refractivity contribution in [3.05, 3.63) is 77.0 Å². The molecule has 4 rings (SSSR count). The minimum atomic E-state index is -3.79. The molecule has 1 heterocycles. The largest absolute Gasteiger partial charge is 0.495 e. The molecule has 0 aromatic heterocycles. The van der Waals surface area contributed by atoms with Crippen molar-refractivity contribution in [2.45, 2.75) is 50.8 Å². The van der Waals surface area contributed by atoms with E-state index in [4.69, 9.17) is 4.74 Å². The Morgan fingerprint density at radius 3 is 2.46 bits per heavy atom. The third kappa shape index (κ3) is 6.36. The normalized spacial score (nSPS) is 16.2. The van der Waals surface area contributed by atoms with Gasteiger partial charge in [-0.15, -0.1) is 0 Å². The van der Waals surface area contributed by atoms with E-state index in [0.717, 1.165) is 42.7 Å². The number of piperazine rings is 1. The average molecular weight is 524 g/mol. The molecule has 0 bridgehead atoms. The van der Waals surface area contributed by atoms with E-state index in [1.807, 2.05) is 43.3 Å². The molecule has 2 aromatic rings. The van der Waals surface area contributed by atoms with Crippen LogP contribution in [0.25, 0.3) is 0 Å². The Hall–Kier alpha value is -3.26. The van der Waals surface area contributed by atoms with Gasteiger partial charge in [-0.1, -0.05) is 43.2 Å². The summed E-state index contributed by atoms with van der Waals surface area (Å²) in [6.45, 7) is 6.45. The standard InChI is InChI=1S/C29H37N3O4S/c1-4-5-8-23-12-14-24(15-13-23)30-37(34,35)25-16-11-22(2)26(21-25)29(33)32-19-17-31(18-20-32)27-9-6-7-10-28(27)36-3/h6-7,9-12,14,16,21,30H,4-5,8,13,15,17-20H2,1-3H3. The van der Waals surface area contributed by atoms with E-state index in [0.29, 0.717) is 43.9 Å². The topological polar surface area (TPSA) is 79.0 Å². The molecule has 0 saturated carbocycles. The van der Waals surface area contributed by atoms with Crippen molar-refractivity contribution in [3.63, 3.8) is 0 Å². The SMILES string of the molecule is CCCCC1=CC=C(NS(=O)(=O)c2ccc(C)c(C(=O)N3CCN(c4ccccc4OC)CC3)c2)CC1. The highest BCUT2D eigenvalue weighted by molar-refractivity contribution is 7.89. The second kappa shape index (κ2) is 11.9. The fourth-order valence-electron chi connectivity index (χ4n) is 4.82. The summed E-state index contributed by atoms with van der Waals surface area (Å²) >= 11 is 0. The highest BCUT2D eigenvalue weighted by atomic mass is 32.2. The lowest BCUT2D eigenvalue weighted by Crippen LogP contribution is -2.49. The minimum absolute atomic E-state index is 0.107. The van der Waals surface area contributed by atoms with Crippen molar-refractivity contribution in [1.82, 2.24) is 9.62 Å². The number of para-hydroxylation sites is 2. The van der Waals surface area contributed by atoms with Gasteiger partial charge in [0.15, 0.2) is 0 Å². The summed E-state index contributed by atoms with van der Waals surface area (Å²) in [5.41, 5.74) is 4.24. The average Bonchev–Trinajstić information content (AvgIpc) is 2.92. The molecule has 198 valence electrons. The maximum atomic E-state index is 13.4. The predicted octanol–water partition coefficient (Wildman–Crippen LogP) is 5.04. The number of nitrogens with zero attached hydrogens (tertiary/aromatic N) is 2. The molecule has 7 nitrogen and oxygen atoms in total. The molecule has 1 amide bonds. The van der Waals surface area contributed by atoms with Crippen LogP contribution in [-0.2, 0) is 10.0 Å². The summed E-state index contributed by atoms with van der Waals surface area (Å²) in [4.78, 5) is 17.5. The van der Waals surface area contributed by atoms with Crippen molar-refractivity contribution >= 4 is 21.6 Å². The third-order valence-electron chi connectivity index (χ3n) is 7.10. The maximum Gasteiger partial charge on any atom is 0.261 e. The molecule has 2 aromatic carbocycles. The number of amides is 1. The van der Waals surface area contributed by atoms with Gasteiger partial charge in [0, 0.05) is 37.4 Å². The number of rotatable bonds is 9. The van der Waals surface area contributed by atoms with Gasteiger partial charge in [-0.2, -0.15) is 0 Å². The lowest BCUT2D eigenvalue weighted by atomic mass is 9.98. The monoisotopic (exact) mass is 523 g/mol. The first-order valence-electron chi connectivity index (χ1n) is 13.0. The Kier molecular flexibility index (Phi) is 8.59. The first kappa shape index (κ1) is 26.8. The zero-order chi connectivity index (χ0) is 26.4. The van der Waals surface area contributed by atoms with Crippen LogP contribution in [0.2, 0.25) is 0 Å². The van der Waals surface area contributed by atoms with E-state index >= 15 is 0 Å². The van der Waals surface area contributed by atoms with Crippen LogP contribution in [0.1, 0.15) is 54.9 Å². The number of methoxy groups -OCH3 is 1. The molecule has 0 unspecified atom stereocenters. The van der Waals surface area contributed by atoms with E-state index in [1.165, 1.54) is 11.6 Å². The quantitative estimate of drug-likeness (QED) is 0.498. The summed E-state index contributed by atoms with van der Waals surface area (Å²) in [6, 6.07) is 12.7. The molecule has 1 saturated heterocycles. The second-order valence-electron chi connectivity index (χ2n) is 9.65. The highest BCUT2D eigenvalue weighted by Gasteiger charge is 2.26. The molecule has 0 spiro atoms. The molecular weight excluding hydrogens is 486 g/mol. The smallest absolute Gasteiger partial charge is 0.261 e. The van der Waals surface area contributed by atoms with Crippen LogP contribution in [0, 0.1) is 6.92 Å². The molecule has 1 aliphatic carbocycles. The van der Waals surface area contributed by atoms with Crippen LogP contribution in [0.15, 0.2) is 70.8 Å². The number of benzene rings is 2. The van der Waals surface area contributed by atoms with Crippen molar-refractivity contribution in [2.24, 2.45) is 0 Å². The van der Waals surface area contributed by atoms with E-state index in [2.05, 4.69) is 16.5 Å². The summed E-state index contributed by atoms with van der Waals surface area (Å²) < 4.78 is 34.5. The van der Waals surface area contributed by atoms with Crippen LogP contribution < -0.4 is 14.4 Å². The Bertz CT molecular complexity index is 1290. The number of hydrogen-bond donors (Lipinski definition) is 1. The minimum Gasteiger partial charge on any atom is -0.495 e. The van der Waals surface area contributed by atoms with Gasteiger partial charge in [-0.3, -0.25) is 9.52 Å². The lowest BCUT2D eigenvalue weighted by molar-refractivity contribution is 0.0745. The molecule has 1 aliphatic heterocycles. The Labute approximate surface area is 220 Å². The molecule has 0 atom stereocenters. The number of carbonyl (C=O) groups is 1. The summed E-state index contributed by atoms with van der Waals surface area (Å²) in [5, 5.41) is 0. The van der Waals surface area contributed by atoms with Crippen molar-refractivity contribution in [3.8, 4) is 5.75 Å². The van der Waals surface area contributed by atoms with Gasteiger partial charge < -0.3 is 14.5 Å². The van der Waals surface area contributed by atoms with E-state index < -0.39 is 10.0 Å². The van der Waals surface area contributed by atoms with Crippen LogP contribution >= 0.6 is 0 Å². The molecule has 37 heavy (non-hydrogen) atoms. The zero-order valence-corrected chi connectivity index (χ0v) is 22.8. The molecule has 8 heteroatoms. The van der Waals surface area contributed by atoms with Crippen LogP contribution in [-0.4, -0.2) is 52.5 Å². The zero-order valence-electron chi connectivity index (χ0n) is 22.0. The number of unbranched alkanes of at least 4 members (excludes halogenated alkanes) is 1.